The van der Waals surface area contributed by atoms with Gasteiger partial charge in [-0.2, -0.15) is 0 Å². The van der Waals surface area contributed by atoms with Crippen LogP contribution in [0.4, 0.5) is 0 Å². The van der Waals surface area contributed by atoms with Gasteiger partial charge in [0.15, 0.2) is 5.78 Å². The highest BCUT2D eigenvalue weighted by atomic mass is 16.3. The molecular weight excluding hydrogens is 304 g/mol. The first kappa shape index (κ1) is 16.5. The molecule has 2 heterocycles. The molecule has 1 aromatic carbocycles. The number of aromatic nitrogens is 1. The molecule has 5 heteroatoms. The van der Waals surface area contributed by atoms with Gasteiger partial charge in [0.05, 0.1) is 0 Å². The van der Waals surface area contributed by atoms with Gasteiger partial charge in [-0.05, 0) is 43.9 Å². The van der Waals surface area contributed by atoms with E-state index in [0.717, 1.165) is 25.8 Å². The van der Waals surface area contributed by atoms with Gasteiger partial charge < -0.3 is 15.0 Å². The minimum atomic E-state index is -0.0635. The molecule has 2 N–H and O–H groups in total. The second kappa shape index (κ2) is 7.45. The first-order valence-corrected chi connectivity index (χ1v) is 8.40. The lowest BCUT2D eigenvalue weighted by Gasteiger charge is -2.35. The summed E-state index contributed by atoms with van der Waals surface area (Å²) in [6.07, 6.45) is 7.03. The minimum absolute atomic E-state index is 0.0196. The summed E-state index contributed by atoms with van der Waals surface area (Å²) < 4.78 is 0. The zero-order valence-electron chi connectivity index (χ0n) is 13.6. The Morgan fingerprint density at radius 2 is 1.83 bits per heavy atom. The molecule has 1 amide bonds. The van der Waals surface area contributed by atoms with Crippen molar-refractivity contribution in [2.75, 3.05) is 13.2 Å². The first-order valence-electron chi connectivity index (χ1n) is 8.40. The summed E-state index contributed by atoms with van der Waals surface area (Å²) >= 11 is 0. The number of likely N-dealkylation sites (tertiary alicyclic amines) is 1. The fourth-order valence-corrected chi connectivity index (χ4v) is 3.28. The maximum Gasteiger partial charge on any atom is 0.254 e. The van der Waals surface area contributed by atoms with Crippen LogP contribution in [0.1, 0.15) is 52.0 Å². The number of nitrogens with zero attached hydrogens (tertiary/aromatic N) is 1. The third kappa shape index (κ3) is 3.41. The number of hydrogen-bond donors (Lipinski definition) is 2. The number of H-pyrrole nitrogens is 1. The molecule has 24 heavy (non-hydrogen) atoms. The molecule has 1 aliphatic heterocycles. The Bertz CT molecular complexity index is 690. The Morgan fingerprint density at radius 1 is 1.08 bits per heavy atom. The molecule has 1 fully saturated rings. The van der Waals surface area contributed by atoms with Gasteiger partial charge in [-0.3, -0.25) is 9.59 Å². The molecule has 0 saturated carbocycles. The molecule has 0 aliphatic carbocycles. The fourth-order valence-electron chi connectivity index (χ4n) is 3.28. The zero-order valence-corrected chi connectivity index (χ0v) is 13.6. The molecule has 0 bridgehead atoms. The molecule has 1 atom stereocenters. The van der Waals surface area contributed by atoms with Gasteiger partial charge in [0, 0.05) is 48.3 Å². The number of aliphatic hydroxyl groups excluding tert-OH is 1. The lowest BCUT2D eigenvalue weighted by molar-refractivity contribution is 0.0574. The number of amides is 1. The average molecular weight is 326 g/mol. The van der Waals surface area contributed by atoms with Crippen LogP contribution in [-0.2, 0) is 0 Å². The standard InChI is InChI=1S/C19H22N2O3/c22-12-9-17-3-1-2-11-21(17)19(24)15-6-4-14(5-7-15)18(23)16-8-10-20-13-16/h4-8,10,13,17,20,22H,1-3,9,11-12H2. The predicted octanol–water partition coefficient (Wildman–Crippen LogP) is 2.62. The zero-order chi connectivity index (χ0) is 16.9. The van der Waals surface area contributed by atoms with Crippen molar-refractivity contribution in [1.29, 1.82) is 0 Å². The number of piperidine rings is 1. The van der Waals surface area contributed by atoms with Crippen molar-refractivity contribution >= 4 is 11.7 Å². The number of ketones is 1. The number of hydrogen-bond acceptors (Lipinski definition) is 3. The molecule has 1 aliphatic rings. The SMILES string of the molecule is O=C(c1ccc(C(=O)N2CCCCC2CCO)cc1)c1cc[nH]c1. The quantitative estimate of drug-likeness (QED) is 0.830. The van der Waals surface area contributed by atoms with Gasteiger partial charge >= 0.3 is 0 Å². The fraction of sp³-hybridized carbons (Fsp3) is 0.368. The third-order valence-electron chi connectivity index (χ3n) is 4.60. The van der Waals surface area contributed by atoms with Gasteiger partial charge in [-0.1, -0.05) is 12.1 Å². The summed E-state index contributed by atoms with van der Waals surface area (Å²) in [6, 6.07) is 8.67. The first-order chi connectivity index (χ1) is 11.7. The molecular formula is C19H22N2O3. The van der Waals surface area contributed by atoms with Gasteiger partial charge in [0.2, 0.25) is 0 Å². The van der Waals surface area contributed by atoms with Crippen LogP contribution in [0.25, 0.3) is 0 Å². The van der Waals surface area contributed by atoms with Gasteiger partial charge in [0.1, 0.15) is 0 Å². The van der Waals surface area contributed by atoms with Gasteiger partial charge in [-0.25, -0.2) is 0 Å². The van der Waals surface area contributed by atoms with Crippen LogP contribution in [0.3, 0.4) is 0 Å². The van der Waals surface area contributed by atoms with E-state index in [2.05, 4.69) is 4.98 Å². The van der Waals surface area contributed by atoms with Crippen molar-refractivity contribution in [3.05, 3.63) is 59.4 Å². The lowest BCUT2D eigenvalue weighted by atomic mass is 9.98. The van der Waals surface area contributed by atoms with Crippen LogP contribution in [-0.4, -0.2) is 45.9 Å². The highest BCUT2D eigenvalue weighted by molar-refractivity contribution is 6.09. The second-order valence-corrected chi connectivity index (χ2v) is 6.17. The van der Waals surface area contributed by atoms with Crippen molar-refractivity contribution in [2.45, 2.75) is 31.7 Å². The summed E-state index contributed by atoms with van der Waals surface area (Å²) in [5.41, 5.74) is 1.76. The monoisotopic (exact) mass is 326 g/mol. The van der Waals surface area contributed by atoms with Crippen molar-refractivity contribution in [3.8, 4) is 0 Å². The van der Waals surface area contributed by atoms with Crippen LogP contribution in [0.5, 0.6) is 0 Å². The van der Waals surface area contributed by atoms with Crippen molar-refractivity contribution in [2.24, 2.45) is 0 Å². The number of carbonyl (C=O) groups is 2. The van der Waals surface area contributed by atoms with Gasteiger partial charge in [-0.15, -0.1) is 0 Å². The van der Waals surface area contributed by atoms with E-state index in [-0.39, 0.29) is 24.3 Å². The molecule has 5 nitrogen and oxygen atoms in total. The number of benzene rings is 1. The molecule has 1 aromatic heterocycles. The summed E-state index contributed by atoms with van der Waals surface area (Å²) in [7, 11) is 0. The molecule has 2 aromatic rings. The van der Waals surface area contributed by atoms with Gasteiger partial charge in [0.25, 0.3) is 5.91 Å². The Balaban J connectivity index is 1.75. The van der Waals surface area contributed by atoms with Crippen molar-refractivity contribution in [1.82, 2.24) is 9.88 Å². The van der Waals surface area contributed by atoms with E-state index in [1.807, 2.05) is 4.90 Å². The van der Waals surface area contributed by atoms with E-state index >= 15 is 0 Å². The summed E-state index contributed by atoms with van der Waals surface area (Å²) in [4.78, 5) is 29.8. The van der Waals surface area contributed by atoms with Crippen LogP contribution < -0.4 is 0 Å². The molecule has 1 unspecified atom stereocenters. The maximum atomic E-state index is 12.7. The van der Waals surface area contributed by atoms with E-state index in [9.17, 15) is 14.7 Å². The Morgan fingerprint density at radius 3 is 2.50 bits per heavy atom. The van der Waals surface area contributed by atoms with E-state index in [4.69, 9.17) is 0 Å². The van der Waals surface area contributed by atoms with Crippen LogP contribution in [0.15, 0.2) is 42.7 Å². The van der Waals surface area contributed by atoms with Crippen LogP contribution in [0.2, 0.25) is 0 Å². The van der Waals surface area contributed by atoms with Crippen LogP contribution >= 0.6 is 0 Å². The Kier molecular flexibility index (Phi) is 5.11. The average Bonchev–Trinajstić information content (AvgIpc) is 3.16. The number of rotatable bonds is 5. The number of aromatic amines is 1. The van der Waals surface area contributed by atoms with E-state index in [1.165, 1.54) is 0 Å². The summed E-state index contributed by atoms with van der Waals surface area (Å²) in [5, 5.41) is 9.20. The molecule has 0 radical (unpaired) electrons. The largest absolute Gasteiger partial charge is 0.396 e. The molecule has 1 saturated heterocycles. The molecule has 0 spiro atoms. The van der Waals surface area contributed by atoms with Crippen molar-refractivity contribution in [3.63, 3.8) is 0 Å². The van der Waals surface area contributed by atoms with E-state index in [0.29, 0.717) is 23.1 Å². The third-order valence-corrected chi connectivity index (χ3v) is 4.60. The van der Waals surface area contributed by atoms with E-state index in [1.54, 1.807) is 42.7 Å². The van der Waals surface area contributed by atoms with E-state index < -0.39 is 0 Å². The highest BCUT2D eigenvalue weighted by Gasteiger charge is 2.27. The topological polar surface area (TPSA) is 73.4 Å². The smallest absolute Gasteiger partial charge is 0.254 e. The predicted molar refractivity (Wildman–Crippen MR) is 91.0 cm³/mol. The maximum absolute atomic E-state index is 12.7. The van der Waals surface area contributed by atoms with Crippen LogP contribution in [0, 0.1) is 0 Å². The Hall–Kier alpha value is -2.40. The number of nitrogens with one attached hydrogen (secondary N) is 1. The minimum Gasteiger partial charge on any atom is -0.396 e. The molecule has 126 valence electrons. The lowest BCUT2D eigenvalue weighted by Crippen LogP contribution is -2.44. The highest BCUT2D eigenvalue weighted by Crippen LogP contribution is 2.22. The summed E-state index contributed by atoms with van der Waals surface area (Å²) in [6.45, 7) is 0.825. The number of aliphatic hydroxyl groups is 1. The Labute approximate surface area is 141 Å². The van der Waals surface area contributed by atoms with Crippen molar-refractivity contribution < 1.29 is 14.7 Å². The molecule has 3 rings (SSSR count). The second-order valence-electron chi connectivity index (χ2n) is 6.17. The summed E-state index contributed by atoms with van der Waals surface area (Å²) in [5.74, 6) is -0.0832. The number of carbonyl (C=O) groups excluding carboxylic acids is 2. The normalized spacial score (nSPS) is 17.7.